The zero-order chi connectivity index (χ0) is 20.9. The standard InChI is InChI=1S/C27H43NO2/c1-16-7-12-27(28-15-16)17(2)24-23(30-27)14-22-20-6-5-18-13-19(29)8-10-25(18,3)21(20)9-11-26(22,24)4/h5,16-17,19-24,28-29H,6-15H2,1-4H3/p+1/t16-,17+,19+,20-,21+,22+,23+,24+,25+,26+,27-/m1/s1. The minimum Gasteiger partial charge on any atom is -0.393 e. The van der Waals surface area contributed by atoms with E-state index in [1.807, 2.05) is 0 Å². The van der Waals surface area contributed by atoms with Gasteiger partial charge >= 0.3 is 0 Å². The predicted molar refractivity (Wildman–Crippen MR) is 119 cm³/mol. The van der Waals surface area contributed by atoms with Gasteiger partial charge in [0.15, 0.2) is 0 Å². The van der Waals surface area contributed by atoms with Gasteiger partial charge in [-0.2, -0.15) is 0 Å². The van der Waals surface area contributed by atoms with Crippen LogP contribution in [-0.4, -0.2) is 29.6 Å². The molecular formula is C27H44NO2+. The Kier molecular flexibility index (Phi) is 4.44. The first-order valence-corrected chi connectivity index (χ1v) is 13.2. The molecule has 0 bridgehead atoms. The third kappa shape index (κ3) is 2.55. The van der Waals surface area contributed by atoms with E-state index in [1.165, 1.54) is 51.5 Å². The van der Waals surface area contributed by atoms with Gasteiger partial charge in [-0.15, -0.1) is 0 Å². The van der Waals surface area contributed by atoms with E-state index in [0.29, 0.717) is 22.9 Å². The van der Waals surface area contributed by atoms with Gasteiger partial charge in [0.05, 0.1) is 18.8 Å². The van der Waals surface area contributed by atoms with Crippen molar-refractivity contribution in [1.29, 1.82) is 0 Å². The van der Waals surface area contributed by atoms with Crippen LogP contribution in [0.5, 0.6) is 0 Å². The monoisotopic (exact) mass is 414 g/mol. The average molecular weight is 415 g/mol. The van der Waals surface area contributed by atoms with Crippen molar-refractivity contribution in [2.45, 2.75) is 103 Å². The summed E-state index contributed by atoms with van der Waals surface area (Å²) in [5.74, 6) is 4.75. The largest absolute Gasteiger partial charge is 0.393 e. The Morgan fingerprint density at radius 1 is 1.07 bits per heavy atom. The van der Waals surface area contributed by atoms with Crippen molar-refractivity contribution in [3.63, 3.8) is 0 Å². The zero-order valence-electron chi connectivity index (χ0n) is 19.7. The predicted octanol–water partition coefficient (Wildman–Crippen LogP) is 4.26. The summed E-state index contributed by atoms with van der Waals surface area (Å²) in [4.78, 5) is 0. The van der Waals surface area contributed by atoms with Gasteiger partial charge in [-0.05, 0) is 80.0 Å². The van der Waals surface area contributed by atoms with Crippen LogP contribution in [0.15, 0.2) is 11.6 Å². The molecule has 4 aliphatic carbocycles. The first kappa shape index (κ1) is 20.2. The Labute approximate surface area is 183 Å². The number of hydrogen-bond acceptors (Lipinski definition) is 2. The number of ether oxygens (including phenoxy) is 1. The molecule has 5 fully saturated rings. The van der Waals surface area contributed by atoms with Gasteiger partial charge in [-0.1, -0.05) is 39.3 Å². The number of hydrogen-bond donors (Lipinski definition) is 2. The molecule has 3 heteroatoms. The summed E-state index contributed by atoms with van der Waals surface area (Å²) in [6.45, 7) is 11.4. The molecule has 3 saturated carbocycles. The third-order valence-electron chi connectivity index (χ3n) is 11.7. The Bertz CT molecular complexity index is 739. The maximum absolute atomic E-state index is 10.3. The number of rotatable bonds is 0. The van der Waals surface area contributed by atoms with E-state index >= 15 is 0 Å². The van der Waals surface area contributed by atoms with Gasteiger partial charge < -0.3 is 15.2 Å². The summed E-state index contributed by atoms with van der Waals surface area (Å²) in [5, 5.41) is 12.9. The van der Waals surface area contributed by atoms with Crippen molar-refractivity contribution in [3.8, 4) is 0 Å². The number of nitrogens with two attached hydrogens (primary N) is 1. The van der Waals surface area contributed by atoms with Crippen molar-refractivity contribution in [3.05, 3.63) is 11.6 Å². The summed E-state index contributed by atoms with van der Waals surface area (Å²) in [5.41, 5.74) is 2.49. The Morgan fingerprint density at radius 2 is 1.90 bits per heavy atom. The molecule has 0 unspecified atom stereocenters. The lowest BCUT2D eigenvalue weighted by Crippen LogP contribution is -3.00. The van der Waals surface area contributed by atoms with Crippen molar-refractivity contribution < 1.29 is 15.2 Å². The van der Waals surface area contributed by atoms with E-state index < -0.39 is 0 Å². The van der Waals surface area contributed by atoms with Gasteiger partial charge in [0.1, 0.15) is 0 Å². The van der Waals surface area contributed by atoms with Crippen molar-refractivity contribution >= 4 is 0 Å². The van der Waals surface area contributed by atoms with Crippen LogP contribution in [0.25, 0.3) is 0 Å². The van der Waals surface area contributed by atoms with Gasteiger partial charge in [-0.3, -0.25) is 0 Å². The van der Waals surface area contributed by atoms with E-state index in [9.17, 15) is 5.11 Å². The highest BCUT2D eigenvalue weighted by molar-refractivity contribution is 5.26. The lowest BCUT2D eigenvalue weighted by atomic mass is 9.47. The molecule has 168 valence electrons. The number of fused-ring (bicyclic) bond motifs is 7. The minimum absolute atomic E-state index is 0.0811. The Morgan fingerprint density at radius 3 is 2.67 bits per heavy atom. The fourth-order valence-electron chi connectivity index (χ4n) is 9.99. The van der Waals surface area contributed by atoms with Crippen LogP contribution < -0.4 is 5.32 Å². The van der Waals surface area contributed by atoms with Crippen molar-refractivity contribution in [2.24, 2.45) is 46.3 Å². The van der Waals surface area contributed by atoms with E-state index in [-0.39, 0.29) is 11.8 Å². The lowest BCUT2D eigenvalue weighted by molar-refractivity contribution is -0.786. The van der Waals surface area contributed by atoms with E-state index in [0.717, 1.165) is 42.4 Å². The summed E-state index contributed by atoms with van der Waals surface area (Å²) in [7, 11) is 0. The summed E-state index contributed by atoms with van der Waals surface area (Å²) >= 11 is 0. The topological polar surface area (TPSA) is 46.1 Å². The van der Waals surface area contributed by atoms with Crippen LogP contribution in [-0.2, 0) is 4.74 Å². The number of quaternary nitrogens is 1. The second kappa shape index (κ2) is 6.58. The average Bonchev–Trinajstić information content (AvgIpc) is 3.16. The summed E-state index contributed by atoms with van der Waals surface area (Å²) < 4.78 is 7.05. The smallest absolute Gasteiger partial charge is 0.203 e. The summed E-state index contributed by atoms with van der Waals surface area (Å²) in [6.07, 6.45) is 14.0. The molecular weight excluding hydrogens is 370 g/mol. The zero-order valence-corrected chi connectivity index (χ0v) is 19.7. The number of aliphatic hydroxyl groups excluding tert-OH is 1. The van der Waals surface area contributed by atoms with Crippen LogP contribution >= 0.6 is 0 Å². The minimum atomic E-state index is -0.0968. The fourth-order valence-corrected chi connectivity index (χ4v) is 9.99. The molecule has 11 atom stereocenters. The highest BCUT2D eigenvalue weighted by Crippen LogP contribution is 2.69. The SMILES string of the molecule is C[C@@H]1CC[C@@]2([NH2+]C1)O[C@H]1C[C@H]3[C@@H]4CC=C5C[C@@H](O)CC[C@]5(C)[C@H]4CC[C@]3(C)[C@H]1[C@@H]2C. The van der Waals surface area contributed by atoms with Crippen LogP contribution in [0.3, 0.4) is 0 Å². The van der Waals surface area contributed by atoms with Crippen LogP contribution in [0.4, 0.5) is 0 Å². The summed E-state index contributed by atoms with van der Waals surface area (Å²) in [6, 6.07) is 0. The molecule has 0 aromatic heterocycles. The van der Waals surface area contributed by atoms with Gasteiger partial charge in [0.2, 0.25) is 5.72 Å². The molecule has 6 aliphatic rings. The molecule has 3 nitrogen and oxygen atoms in total. The lowest BCUT2D eigenvalue weighted by Gasteiger charge is -2.58. The van der Waals surface area contributed by atoms with Gasteiger partial charge in [-0.25, -0.2) is 0 Å². The van der Waals surface area contributed by atoms with Gasteiger partial charge in [0.25, 0.3) is 0 Å². The van der Waals surface area contributed by atoms with Gasteiger partial charge in [0, 0.05) is 24.2 Å². The highest BCUT2D eigenvalue weighted by atomic mass is 16.5. The first-order valence-electron chi connectivity index (χ1n) is 13.2. The molecule has 1 spiro atoms. The third-order valence-corrected chi connectivity index (χ3v) is 11.7. The fraction of sp³-hybridized carbons (Fsp3) is 0.926. The van der Waals surface area contributed by atoms with Crippen LogP contribution in [0.1, 0.15) is 85.5 Å². The van der Waals surface area contributed by atoms with Crippen molar-refractivity contribution in [2.75, 3.05) is 6.54 Å². The first-order chi connectivity index (χ1) is 14.3. The Balaban J connectivity index is 1.28. The van der Waals surface area contributed by atoms with E-state index in [2.05, 4.69) is 39.1 Å². The molecule has 0 amide bonds. The number of aliphatic hydroxyl groups is 1. The number of allylic oxidation sites excluding steroid dienone is 1. The van der Waals surface area contributed by atoms with Crippen LogP contribution in [0.2, 0.25) is 0 Å². The quantitative estimate of drug-likeness (QED) is 0.582. The molecule has 2 heterocycles. The van der Waals surface area contributed by atoms with Crippen LogP contribution in [0, 0.1) is 46.3 Å². The Hall–Kier alpha value is -0.380. The second-order valence-corrected chi connectivity index (χ2v) is 12.9. The molecule has 0 aromatic rings. The molecule has 2 saturated heterocycles. The number of piperidine rings is 1. The maximum atomic E-state index is 10.3. The van der Waals surface area contributed by atoms with E-state index in [4.69, 9.17) is 4.74 Å². The molecule has 0 aromatic carbocycles. The second-order valence-electron chi connectivity index (χ2n) is 12.9. The molecule has 2 aliphatic heterocycles. The maximum Gasteiger partial charge on any atom is 0.203 e. The normalized spacial score (nSPS) is 59.8. The molecule has 30 heavy (non-hydrogen) atoms. The molecule has 0 radical (unpaired) electrons. The molecule has 6 rings (SSSR count). The highest BCUT2D eigenvalue weighted by Gasteiger charge is 2.69. The van der Waals surface area contributed by atoms with E-state index in [1.54, 1.807) is 5.57 Å². The van der Waals surface area contributed by atoms with Crippen molar-refractivity contribution in [1.82, 2.24) is 0 Å². The molecule has 3 N–H and O–H groups in total.